The summed E-state index contributed by atoms with van der Waals surface area (Å²) in [7, 11) is 0. The molecule has 3 nitrogen and oxygen atoms in total. The molecule has 0 atom stereocenters. The van der Waals surface area contributed by atoms with Crippen LogP contribution in [0.4, 0.5) is 0 Å². The number of aromatic nitrogens is 1. The van der Waals surface area contributed by atoms with Gasteiger partial charge in [0.25, 0.3) is 0 Å². The van der Waals surface area contributed by atoms with Gasteiger partial charge in [0.15, 0.2) is 5.69 Å². The molecule has 14 heavy (non-hydrogen) atoms. The van der Waals surface area contributed by atoms with E-state index in [1.165, 1.54) is 6.07 Å². The standard InChI is InChI=1S/C8H6Cl3NO2/c1-2-14-8(13)7-6(11)4(9)3-5(10)12-7/h3H,2H2,1H3. The molecule has 1 heterocycles. The topological polar surface area (TPSA) is 39.2 Å². The highest BCUT2D eigenvalue weighted by Gasteiger charge is 2.17. The summed E-state index contributed by atoms with van der Waals surface area (Å²) in [5.74, 6) is -0.637. The smallest absolute Gasteiger partial charge is 0.358 e. The summed E-state index contributed by atoms with van der Waals surface area (Å²) >= 11 is 17.0. The molecule has 0 saturated carbocycles. The fraction of sp³-hybridized carbons (Fsp3) is 0.250. The summed E-state index contributed by atoms with van der Waals surface area (Å²) in [6, 6.07) is 1.36. The molecular weight excluding hydrogens is 248 g/mol. The third-order valence-electron chi connectivity index (χ3n) is 1.35. The van der Waals surface area contributed by atoms with Crippen LogP contribution in [0, 0.1) is 0 Å². The molecular formula is C8H6Cl3NO2. The molecule has 0 spiro atoms. The Labute approximate surface area is 95.9 Å². The Bertz CT molecular complexity index is 368. The molecule has 0 bridgehead atoms. The van der Waals surface area contributed by atoms with Crippen LogP contribution >= 0.6 is 34.8 Å². The van der Waals surface area contributed by atoms with Crippen LogP contribution < -0.4 is 0 Å². The third kappa shape index (κ3) is 2.50. The van der Waals surface area contributed by atoms with Gasteiger partial charge in [-0.1, -0.05) is 34.8 Å². The maximum Gasteiger partial charge on any atom is 0.358 e. The lowest BCUT2D eigenvalue weighted by Crippen LogP contribution is -2.08. The number of rotatable bonds is 2. The quantitative estimate of drug-likeness (QED) is 0.601. The minimum atomic E-state index is -0.637. The molecule has 6 heteroatoms. The maximum atomic E-state index is 11.3. The fourth-order valence-corrected chi connectivity index (χ4v) is 1.42. The number of carbonyl (C=O) groups is 1. The second kappa shape index (κ2) is 4.82. The van der Waals surface area contributed by atoms with Crippen LogP contribution in [0.1, 0.15) is 17.4 Å². The maximum absolute atomic E-state index is 11.3. The molecule has 0 amide bonds. The largest absolute Gasteiger partial charge is 0.461 e. The lowest BCUT2D eigenvalue weighted by molar-refractivity contribution is 0.0519. The molecule has 1 aromatic rings. The van der Waals surface area contributed by atoms with Gasteiger partial charge in [-0.15, -0.1) is 0 Å². The van der Waals surface area contributed by atoms with E-state index in [2.05, 4.69) is 4.98 Å². The minimum absolute atomic E-state index is 0.0505. The molecule has 0 aliphatic rings. The molecule has 1 rings (SSSR count). The van der Waals surface area contributed by atoms with Gasteiger partial charge in [-0.05, 0) is 13.0 Å². The van der Waals surface area contributed by atoms with Crippen molar-refractivity contribution >= 4 is 40.8 Å². The van der Waals surface area contributed by atoms with Crippen molar-refractivity contribution in [2.45, 2.75) is 6.92 Å². The van der Waals surface area contributed by atoms with Crippen molar-refractivity contribution in [3.63, 3.8) is 0 Å². The zero-order valence-electron chi connectivity index (χ0n) is 7.18. The molecule has 0 N–H and O–H groups in total. The number of carbonyl (C=O) groups excluding carboxylic acids is 1. The highest BCUT2D eigenvalue weighted by molar-refractivity contribution is 6.44. The van der Waals surface area contributed by atoms with Crippen molar-refractivity contribution in [3.8, 4) is 0 Å². The van der Waals surface area contributed by atoms with E-state index >= 15 is 0 Å². The lowest BCUT2D eigenvalue weighted by Gasteiger charge is -2.04. The lowest BCUT2D eigenvalue weighted by atomic mass is 10.3. The highest BCUT2D eigenvalue weighted by atomic mass is 35.5. The fourth-order valence-electron chi connectivity index (χ4n) is 0.804. The van der Waals surface area contributed by atoms with E-state index in [1.54, 1.807) is 6.92 Å². The van der Waals surface area contributed by atoms with Gasteiger partial charge in [0.05, 0.1) is 16.7 Å². The molecule has 0 unspecified atom stereocenters. The van der Waals surface area contributed by atoms with Gasteiger partial charge in [-0.3, -0.25) is 0 Å². The minimum Gasteiger partial charge on any atom is -0.461 e. The summed E-state index contributed by atoms with van der Waals surface area (Å²) in [5.41, 5.74) is -0.0639. The van der Waals surface area contributed by atoms with Gasteiger partial charge < -0.3 is 4.74 Å². The number of halogens is 3. The summed E-state index contributed by atoms with van der Waals surface area (Å²) in [5, 5.41) is 0.326. The first kappa shape index (κ1) is 11.6. The molecule has 0 aliphatic heterocycles. The number of ether oxygens (including phenoxy) is 1. The summed E-state index contributed by atoms with van der Waals surface area (Å²) in [6.07, 6.45) is 0. The Hall–Kier alpha value is -0.510. The monoisotopic (exact) mass is 253 g/mol. The number of nitrogens with zero attached hydrogens (tertiary/aromatic N) is 1. The van der Waals surface area contributed by atoms with E-state index < -0.39 is 5.97 Å². The average Bonchev–Trinajstić information content (AvgIpc) is 2.11. The summed E-state index contributed by atoms with van der Waals surface area (Å²) in [4.78, 5) is 15.0. The van der Waals surface area contributed by atoms with Crippen molar-refractivity contribution in [3.05, 3.63) is 27.0 Å². The molecule has 0 aliphatic carbocycles. The molecule has 0 saturated heterocycles. The molecule has 0 radical (unpaired) electrons. The van der Waals surface area contributed by atoms with E-state index in [1.807, 2.05) is 0 Å². The van der Waals surface area contributed by atoms with Crippen molar-refractivity contribution in [2.75, 3.05) is 6.61 Å². The Morgan fingerprint density at radius 1 is 1.50 bits per heavy atom. The zero-order valence-corrected chi connectivity index (χ0v) is 9.45. The molecule has 0 fully saturated rings. The molecule has 1 aromatic heterocycles. The van der Waals surface area contributed by atoms with Crippen LogP contribution in [0.15, 0.2) is 6.07 Å². The Balaban J connectivity index is 3.13. The van der Waals surface area contributed by atoms with Gasteiger partial charge in [0.2, 0.25) is 0 Å². The number of esters is 1. The Morgan fingerprint density at radius 3 is 2.71 bits per heavy atom. The first-order valence-electron chi connectivity index (χ1n) is 3.75. The molecule has 0 aromatic carbocycles. The second-order valence-corrected chi connectivity index (χ2v) is 3.48. The normalized spacial score (nSPS) is 10.0. The van der Waals surface area contributed by atoms with E-state index in [4.69, 9.17) is 39.5 Å². The van der Waals surface area contributed by atoms with E-state index in [0.717, 1.165) is 0 Å². The van der Waals surface area contributed by atoms with Gasteiger partial charge in [-0.2, -0.15) is 0 Å². The van der Waals surface area contributed by atoms with E-state index in [-0.39, 0.29) is 27.5 Å². The Morgan fingerprint density at radius 2 is 2.14 bits per heavy atom. The summed E-state index contributed by atoms with van der Waals surface area (Å²) in [6.45, 7) is 1.92. The molecule has 76 valence electrons. The highest BCUT2D eigenvalue weighted by Crippen LogP contribution is 2.27. The van der Waals surface area contributed by atoms with Gasteiger partial charge in [-0.25, -0.2) is 9.78 Å². The van der Waals surface area contributed by atoms with Crippen LogP contribution in [0.25, 0.3) is 0 Å². The number of hydrogen-bond donors (Lipinski definition) is 0. The SMILES string of the molecule is CCOC(=O)c1nc(Cl)cc(Cl)c1Cl. The van der Waals surface area contributed by atoms with Crippen molar-refractivity contribution in [1.82, 2.24) is 4.98 Å². The number of hydrogen-bond acceptors (Lipinski definition) is 3. The number of pyridine rings is 1. The van der Waals surface area contributed by atoms with Crippen molar-refractivity contribution in [2.24, 2.45) is 0 Å². The van der Waals surface area contributed by atoms with Crippen LogP contribution in [0.3, 0.4) is 0 Å². The second-order valence-electron chi connectivity index (χ2n) is 2.31. The van der Waals surface area contributed by atoms with E-state index in [9.17, 15) is 4.79 Å². The van der Waals surface area contributed by atoms with Crippen molar-refractivity contribution < 1.29 is 9.53 Å². The predicted molar refractivity (Wildman–Crippen MR) is 55.2 cm³/mol. The summed E-state index contributed by atoms with van der Waals surface area (Å²) < 4.78 is 4.72. The first-order valence-corrected chi connectivity index (χ1v) is 4.88. The van der Waals surface area contributed by atoms with Gasteiger partial charge in [0, 0.05) is 0 Å². The van der Waals surface area contributed by atoms with Crippen molar-refractivity contribution in [1.29, 1.82) is 0 Å². The van der Waals surface area contributed by atoms with Gasteiger partial charge >= 0.3 is 5.97 Å². The average molecular weight is 254 g/mol. The zero-order chi connectivity index (χ0) is 10.7. The van der Waals surface area contributed by atoms with Crippen LogP contribution in [-0.4, -0.2) is 17.6 Å². The third-order valence-corrected chi connectivity index (χ3v) is 2.32. The Kier molecular flexibility index (Phi) is 3.98. The van der Waals surface area contributed by atoms with Crippen LogP contribution in [-0.2, 0) is 4.74 Å². The van der Waals surface area contributed by atoms with Gasteiger partial charge in [0.1, 0.15) is 5.15 Å². The van der Waals surface area contributed by atoms with Crippen LogP contribution in [0.2, 0.25) is 15.2 Å². The van der Waals surface area contributed by atoms with E-state index in [0.29, 0.717) is 0 Å². The first-order chi connectivity index (χ1) is 6.56. The predicted octanol–water partition coefficient (Wildman–Crippen LogP) is 3.22. The van der Waals surface area contributed by atoms with Crippen LogP contribution in [0.5, 0.6) is 0 Å².